The number of carbonyl (C=O) groups is 2. The Kier molecular flexibility index (Phi) is 7.34. The van der Waals surface area contributed by atoms with E-state index < -0.39 is 17.7 Å². The molecule has 1 amide bonds. The highest BCUT2D eigenvalue weighted by molar-refractivity contribution is 6.46. The largest absolute Gasteiger partial charge is 0.507 e. The van der Waals surface area contributed by atoms with Gasteiger partial charge in [0.05, 0.1) is 25.3 Å². The van der Waals surface area contributed by atoms with E-state index in [0.717, 1.165) is 11.1 Å². The van der Waals surface area contributed by atoms with E-state index in [9.17, 15) is 14.7 Å². The van der Waals surface area contributed by atoms with Crippen LogP contribution in [0.25, 0.3) is 5.76 Å². The average Bonchev–Trinajstić information content (AvgIpc) is 3.13. The number of methoxy groups -OCH3 is 1. The number of aliphatic hydroxyl groups is 1. The van der Waals surface area contributed by atoms with Crippen LogP contribution in [0, 0.1) is 0 Å². The predicted octanol–water partition coefficient (Wildman–Crippen LogP) is 5.41. The minimum Gasteiger partial charge on any atom is -0.507 e. The monoisotopic (exact) mass is 500 g/mol. The summed E-state index contributed by atoms with van der Waals surface area (Å²) in [6.45, 7) is 8.74. The van der Waals surface area contributed by atoms with Crippen LogP contribution in [0.1, 0.15) is 56.0 Å². The number of pyridine rings is 1. The second-order valence-corrected chi connectivity index (χ2v) is 9.96. The predicted molar refractivity (Wildman–Crippen MR) is 141 cm³/mol. The van der Waals surface area contributed by atoms with Gasteiger partial charge in [0.2, 0.25) is 0 Å². The van der Waals surface area contributed by atoms with Crippen LogP contribution < -0.4 is 9.47 Å². The Bertz CT molecular complexity index is 1340. The van der Waals surface area contributed by atoms with Crippen molar-refractivity contribution in [3.05, 3.63) is 94.8 Å². The number of Topliss-reactive ketones (excluding diaryl/α,β-unsaturated/α-hetero) is 1. The van der Waals surface area contributed by atoms with Gasteiger partial charge in [-0.3, -0.25) is 14.6 Å². The van der Waals surface area contributed by atoms with E-state index >= 15 is 0 Å². The van der Waals surface area contributed by atoms with Crippen molar-refractivity contribution in [1.29, 1.82) is 0 Å². The minimum absolute atomic E-state index is 0.0335. The topological polar surface area (TPSA) is 89.0 Å². The molecule has 2 aromatic carbocycles. The molecule has 0 aliphatic carbocycles. The quantitative estimate of drug-likeness (QED) is 0.265. The smallest absolute Gasteiger partial charge is 0.295 e. The molecule has 1 aromatic heterocycles. The molecule has 1 saturated heterocycles. The van der Waals surface area contributed by atoms with Gasteiger partial charge in [-0.1, -0.05) is 39.0 Å². The molecule has 3 aromatic rings. The van der Waals surface area contributed by atoms with Crippen molar-refractivity contribution < 1.29 is 24.2 Å². The fourth-order valence-electron chi connectivity index (χ4n) is 4.59. The van der Waals surface area contributed by atoms with Gasteiger partial charge in [0, 0.05) is 30.1 Å². The molecule has 1 fully saturated rings. The van der Waals surface area contributed by atoms with Crippen LogP contribution in [0.5, 0.6) is 11.5 Å². The Balaban J connectivity index is 1.90. The lowest BCUT2D eigenvalue weighted by molar-refractivity contribution is -0.140. The van der Waals surface area contributed by atoms with Gasteiger partial charge in [0.1, 0.15) is 17.3 Å². The summed E-state index contributed by atoms with van der Waals surface area (Å²) in [5, 5.41) is 11.6. The third-order valence-electron chi connectivity index (χ3n) is 6.39. The van der Waals surface area contributed by atoms with E-state index in [0.29, 0.717) is 29.2 Å². The molecule has 0 radical (unpaired) electrons. The van der Waals surface area contributed by atoms with Crippen molar-refractivity contribution in [2.45, 2.75) is 45.7 Å². The molecule has 1 unspecified atom stereocenters. The number of hydrogen-bond donors (Lipinski definition) is 1. The van der Waals surface area contributed by atoms with E-state index in [1.54, 1.807) is 55.9 Å². The van der Waals surface area contributed by atoms with Crippen molar-refractivity contribution >= 4 is 17.4 Å². The second kappa shape index (κ2) is 10.5. The van der Waals surface area contributed by atoms with Crippen molar-refractivity contribution in [2.75, 3.05) is 13.7 Å². The number of hydrogen-bond acceptors (Lipinski definition) is 6. The maximum Gasteiger partial charge on any atom is 0.295 e. The highest BCUT2D eigenvalue weighted by Crippen LogP contribution is 2.42. The lowest BCUT2D eigenvalue weighted by Gasteiger charge is -2.26. The zero-order valence-electron chi connectivity index (χ0n) is 21.8. The maximum absolute atomic E-state index is 13.4. The molecule has 37 heavy (non-hydrogen) atoms. The molecule has 1 atom stereocenters. The summed E-state index contributed by atoms with van der Waals surface area (Å²) < 4.78 is 11.2. The highest BCUT2D eigenvalue weighted by Gasteiger charge is 2.46. The van der Waals surface area contributed by atoms with Crippen LogP contribution in [0.4, 0.5) is 0 Å². The number of aromatic nitrogens is 1. The minimum atomic E-state index is -0.806. The number of nitrogens with zero attached hydrogens (tertiary/aromatic N) is 2. The van der Waals surface area contributed by atoms with E-state index in [1.165, 1.54) is 4.90 Å². The van der Waals surface area contributed by atoms with Gasteiger partial charge in [-0.15, -0.1) is 0 Å². The van der Waals surface area contributed by atoms with Crippen molar-refractivity contribution in [3.63, 3.8) is 0 Å². The summed E-state index contributed by atoms with van der Waals surface area (Å²) in [6, 6.07) is 15.3. The average molecular weight is 501 g/mol. The zero-order valence-corrected chi connectivity index (χ0v) is 21.8. The molecule has 1 N–H and O–H groups in total. The third kappa shape index (κ3) is 5.21. The second-order valence-electron chi connectivity index (χ2n) is 9.96. The van der Waals surface area contributed by atoms with Crippen LogP contribution in [-0.4, -0.2) is 40.4 Å². The Labute approximate surface area is 217 Å². The van der Waals surface area contributed by atoms with Gasteiger partial charge in [-0.25, -0.2) is 0 Å². The summed E-state index contributed by atoms with van der Waals surface area (Å²) in [7, 11) is 1.56. The Morgan fingerprint density at radius 2 is 1.86 bits per heavy atom. The maximum atomic E-state index is 13.4. The highest BCUT2D eigenvalue weighted by atomic mass is 16.5. The first-order valence-corrected chi connectivity index (χ1v) is 12.2. The van der Waals surface area contributed by atoms with Gasteiger partial charge in [-0.05, 0) is 59.9 Å². The van der Waals surface area contributed by atoms with Crippen molar-refractivity contribution in [1.82, 2.24) is 9.88 Å². The molecule has 1 aliphatic heterocycles. The van der Waals surface area contributed by atoms with Gasteiger partial charge in [-0.2, -0.15) is 0 Å². The Hall–Kier alpha value is -4.13. The first-order valence-electron chi connectivity index (χ1n) is 12.2. The number of likely N-dealkylation sites (tertiary alicyclic amines) is 1. The summed E-state index contributed by atoms with van der Waals surface area (Å²) in [4.78, 5) is 32.4. The SMILES string of the molecule is CCOc1ccc(/C(O)=C2/C(=O)C(=O)N(Cc3cccnc3)C2c2cccc(OC)c2)cc1C(C)(C)C. The van der Waals surface area contributed by atoms with Crippen molar-refractivity contribution in [3.8, 4) is 11.5 Å². The van der Waals surface area contributed by atoms with E-state index in [1.807, 2.05) is 25.1 Å². The molecule has 2 heterocycles. The Morgan fingerprint density at radius 3 is 2.51 bits per heavy atom. The first-order chi connectivity index (χ1) is 17.7. The van der Waals surface area contributed by atoms with E-state index in [2.05, 4.69) is 25.8 Å². The van der Waals surface area contributed by atoms with Gasteiger partial charge < -0.3 is 19.5 Å². The first kappa shape index (κ1) is 25.9. The van der Waals surface area contributed by atoms with Crippen LogP contribution in [0.2, 0.25) is 0 Å². The van der Waals surface area contributed by atoms with Gasteiger partial charge in [0.25, 0.3) is 11.7 Å². The molecule has 1 aliphatic rings. The third-order valence-corrected chi connectivity index (χ3v) is 6.39. The number of amides is 1. The molecule has 4 rings (SSSR count). The summed E-state index contributed by atoms with van der Waals surface area (Å²) >= 11 is 0. The summed E-state index contributed by atoms with van der Waals surface area (Å²) in [5.74, 6) is -0.345. The molecule has 7 heteroatoms. The molecule has 0 saturated carbocycles. The van der Waals surface area contributed by atoms with Gasteiger partial charge in [0.15, 0.2) is 0 Å². The fourth-order valence-corrected chi connectivity index (χ4v) is 4.59. The fraction of sp³-hybridized carbons (Fsp3) is 0.300. The van der Waals surface area contributed by atoms with Crippen LogP contribution in [0.3, 0.4) is 0 Å². The molecule has 192 valence electrons. The number of ketones is 1. The molecule has 0 bridgehead atoms. The van der Waals surface area contributed by atoms with Crippen LogP contribution in [0.15, 0.2) is 72.6 Å². The standard InChI is InChI=1S/C30H32N2O5/c1-6-37-24-13-12-21(16-23(24)30(2,3)4)27(33)25-26(20-10-7-11-22(15-20)36-5)32(29(35)28(25)34)18-19-9-8-14-31-17-19/h7-17,26,33H,6,18H2,1-5H3/b27-25-. The number of rotatable bonds is 7. The van der Waals surface area contributed by atoms with E-state index in [-0.39, 0.29) is 23.3 Å². The van der Waals surface area contributed by atoms with E-state index in [4.69, 9.17) is 9.47 Å². The lowest BCUT2D eigenvalue weighted by atomic mass is 9.84. The Morgan fingerprint density at radius 1 is 1.08 bits per heavy atom. The molecule has 7 nitrogen and oxygen atoms in total. The number of aliphatic hydroxyl groups excluding tert-OH is 1. The van der Waals surface area contributed by atoms with Gasteiger partial charge >= 0.3 is 0 Å². The molecular weight excluding hydrogens is 468 g/mol. The van der Waals surface area contributed by atoms with Crippen LogP contribution >= 0.6 is 0 Å². The van der Waals surface area contributed by atoms with Crippen molar-refractivity contribution in [2.24, 2.45) is 0 Å². The normalized spacial score (nSPS) is 17.2. The number of benzene rings is 2. The molecule has 0 spiro atoms. The number of ether oxygens (including phenoxy) is 2. The summed E-state index contributed by atoms with van der Waals surface area (Å²) in [6.07, 6.45) is 3.31. The summed E-state index contributed by atoms with van der Waals surface area (Å²) in [5.41, 5.74) is 2.52. The number of carbonyl (C=O) groups excluding carboxylic acids is 2. The zero-order chi connectivity index (χ0) is 26.7. The van der Waals surface area contributed by atoms with Crippen LogP contribution in [-0.2, 0) is 21.5 Å². The lowest BCUT2D eigenvalue weighted by Crippen LogP contribution is -2.29. The molecular formula is C30H32N2O5.